The lowest BCUT2D eigenvalue weighted by Gasteiger charge is -2.20. The van der Waals surface area contributed by atoms with Crippen molar-refractivity contribution in [2.24, 2.45) is 0 Å². The molecule has 0 fully saturated rings. The number of carbonyl (C=O) groups excluding carboxylic acids is 2. The van der Waals surface area contributed by atoms with Crippen LogP contribution in [-0.4, -0.2) is 47.4 Å². The van der Waals surface area contributed by atoms with Crippen LogP contribution in [0.2, 0.25) is 0 Å². The van der Waals surface area contributed by atoms with Gasteiger partial charge in [0.2, 0.25) is 5.91 Å². The second kappa shape index (κ2) is 48.5. The summed E-state index contributed by atoms with van der Waals surface area (Å²) in [5, 5.41) is 23.0. The lowest BCUT2D eigenvalue weighted by molar-refractivity contribution is -0.143. The van der Waals surface area contributed by atoms with Crippen LogP contribution in [0.5, 0.6) is 0 Å². The molecule has 0 aromatic carbocycles. The predicted molar refractivity (Wildman–Crippen MR) is 255 cm³/mol. The van der Waals surface area contributed by atoms with Crippen molar-refractivity contribution in [2.45, 2.75) is 264 Å². The Morgan fingerprint density at radius 3 is 1.36 bits per heavy atom. The highest BCUT2D eigenvalue weighted by Gasteiger charge is 2.18. The fourth-order valence-electron chi connectivity index (χ4n) is 7.35. The molecule has 0 spiro atoms. The molecule has 344 valence electrons. The van der Waals surface area contributed by atoms with E-state index in [0.29, 0.717) is 19.4 Å². The van der Waals surface area contributed by atoms with E-state index in [9.17, 15) is 19.8 Å². The number of esters is 1. The summed E-state index contributed by atoms with van der Waals surface area (Å²) in [6.07, 6.45) is 59.7. The van der Waals surface area contributed by atoms with Crippen LogP contribution in [-0.2, 0) is 14.3 Å². The van der Waals surface area contributed by atoms with E-state index in [4.69, 9.17) is 4.74 Å². The monoisotopic (exact) mass is 828 g/mol. The highest BCUT2D eigenvalue weighted by atomic mass is 16.5. The zero-order valence-electron chi connectivity index (χ0n) is 39.0. The van der Waals surface area contributed by atoms with Gasteiger partial charge in [0, 0.05) is 12.8 Å². The summed E-state index contributed by atoms with van der Waals surface area (Å²) in [7, 11) is 0. The zero-order valence-corrected chi connectivity index (χ0v) is 39.0. The largest absolute Gasteiger partial charge is 0.466 e. The summed E-state index contributed by atoms with van der Waals surface area (Å²) in [6.45, 7) is 4.80. The lowest BCUT2D eigenvalue weighted by Crippen LogP contribution is -2.45. The van der Waals surface area contributed by atoms with Gasteiger partial charge in [-0.2, -0.15) is 0 Å². The van der Waals surface area contributed by atoms with Crippen molar-refractivity contribution in [3.05, 3.63) is 48.6 Å². The van der Waals surface area contributed by atoms with Crippen molar-refractivity contribution >= 4 is 11.9 Å². The molecule has 6 heteroatoms. The molecule has 59 heavy (non-hydrogen) atoms. The van der Waals surface area contributed by atoms with E-state index in [1.807, 2.05) is 6.08 Å². The summed E-state index contributed by atoms with van der Waals surface area (Å²) in [5.74, 6) is -0.114. The van der Waals surface area contributed by atoms with E-state index in [1.165, 1.54) is 141 Å². The van der Waals surface area contributed by atoms with Gasteiger partial charge in [-0.3, -0.25) is 9.59 Å². The first-order valence-corrected chi connectivity index (χ1v) is 25.4. The summed E-state index contributed by atoms with van der Waals surface area (Å²) >= 11 is 0. The number of allylic oxidation sites excluding steroid dienone is 7. The fraction of sp³-hybridized carbons (Fsp3) is 0.811. The van der Waals surface area contributed by atoms with Gasteiger partial charge < -0.3 is 20.3 Å². The zero-order chi connectivity index (χ0) is 43.0. The fourth-order valence-corrected chi connectivity index (χ4v) is 7.35. The van der Waals surface area contributed by atoms with Crippen LogP contribution in [0.1, 0.15) is 251 Å². The van der Waals surface area contributed by atoms with Crippen LogP contribution >= 0.6 is 0 Å². The van der Waals surface area contributed by atoms with E-state index < -0.39 is 12.1 Å². The van der Waals surface area contributed by atoms with Crippen LogP contribution in [0.4, 0.5) is 0 Å². The molecule has 0 bridgehead atoms. The van der Waals surface area contributed by atoms with Gasteiger partial charge in [-0.25, -0.2) is 0 Å². The Morgan fingerprint density at radius 2 is 0.864 bits per heavy atom. The van der Waals surface area contributed by atoms with Gasteiger partial charge in [0.25, 0.3) is 0 Å². The summed E-state index contributed by atoms with van der Waals surface area (Å²) < 4.78 is 5.42. The third kappa shape index (κ3) is 45.2. The van der Waals surface area contributed by atoms with Crippen LogP contribution in [0.3, 0.4) is 0 Å². The molecule has 0 aliphatic heterocycles. The molecular weight excluding hydrogens is 731 g/mol. The van der Waals surface area contributed by atoms with Crippen molar-refractivity contribution in [1.82, 2.24) is 5.32 Å². The number of ether oxygens (including phenoxy) is 1. The highest BCUT2D eigenvalue weighted by molar-refractivity contribution is 5.76. The standard InChI is InChI=1S/C53H97NO5/c1-3-5-7-9-11-13-15-16-22-26-29-33-37-41-45-51(56)50(49-55)54-52(57)46-42-38-34-30-27-23-20-18-17-19-21-24-28-32-36-40-44-48-59-53(58)47-43-39-35-31-25-14-12-10-8-6-4-2/h10,12,17,19,24,28,41,45,50-51,55-56H,3-9,11,13-16,18,20-23,25-27,29-40,42-44,46-49H2,1-2H3,(H,54,57)/b12-10-,19-17-,28-24-,45-41+. The van der Waals surface area contributed by atoms with Crippen molar-refractivity contribution in [3.63, 3.8) is 0 Å². The Morgan fingerprint density at radius 1 is 0.475 bits per heavy atom. The number of nitrogens with one attached hydrogen (secondary N) is 1. The van der Waals surface area contributed by atoms with E-state index in [2.05, 4.69) is 55.6 Å². The van der Waals surface area contributed by atoms with E-state index in [0.717, 1.165) is 83.5 Å². The molecule has 0 saturated carbocycles. The molecule has 3 N–H and O–H groups in total. The third-order valence-electron chi connectivity index (χ3n) is 11.3. The summed E-state index contributed by atoms with van der Waals surface area (Å²) in [5.41, 5.74) is 0. The van der Waals surface area contributed by atoms with Crippen LogP contribution in [0, 0.1) is 0 Å². The third-order valence-corrected chi connectivity index (χ3v) is 11.3. The average molecular weight is 828 g/mol. The molecule has 1 amide bonds. The molecule has 0 aliphatic carbocycles. The number of amides is 1. The number of aliphatic hydroxyl groups is 2. The molecule has 2 atom stereocenters. The Hall–Kier alpha value is -2.18. The normalized spacial score (nSPS) is 13.1. The van der Waals surface area contributed by atoms with Gasteiger partial charge in [-0.1, -0.05) is 197 Å². The van der Waals surface area contributed by atoms with Gasteiger partial charge in [0.15, 0.2) is 0 Å². The first-order valence-electron chi connectivity index (χ1n) is 25.4. The van der Waals surface area contributed by atoms with Crippen molar-refractivity contribution in [3.8, 4) is 0 Å². The van der Waals surface area contributed by atoms with E-state index >= 15 is 0 Å². The van der Waals surface area contributed by atoms with Crippen molar-refractivity contribution in [2.75, 3.05) is 13.2 Å². The number of hydrogen-bond donors (Lipinski definition) is 3. The minimum absolute atomic E-state index is 0.0285. The lowest BCUT2D eigenvalue weighted by atomic mass is 10.0. The van der Waals surface area contributed by atoms with Gasteiger partial charge in [0.1, 0.15) is 0 Å². The Balaban J connectivity index is 3.56. The molecule has 0 saturated heterocycles. The van der Waals surface area contributed by atoms with E-state index in [1.54, 1.807) is 6.08 Å². The molecule has 6 nitrogen and oxygen atoms in total. The molecule has 0 radical (unpaired) electrons. The quantitative estimate of drug-likeness (QED) is 0.0323. The molecule has 0 aromatic heterocycles. The molecule has 2 unspecified atom stereocenters. The van der Waals surface area contributed by atoms with Crippen molar-refractivity contribution in [1.29, 1.82) is 0 Å². The highest BCUT2D eigenvalue weighted by Crippen LogP contribution is 2.14. The number of hydrogen-bond acceptors (Lipinski definition) is 5. The van der Waals surface area contributed by atoms with Gasteiger partial charge in [-0.15, -0.1) is 0 Å². The molecular formula is C53H97NO5. The second-order valence-electron chi connectivity index (χ2n) is 17.1. The van der Waals surface area contributed by atoms with Crippen LogP contribution in [0.25, 0.3) is 0 Å². The maximum absolute atomic E-state index is 12.4. The van der Waals surface area contributed by atoms with Gasteiger partial charge in [-0.05, 0) is 89.9 Å². The molecule has 0 aromatic rings. The number of aliphatic hydroxyl groups excluding tert-OH is 2. The predicted octanol–water partition coefficient (Wildman–Crippen LogP) is 15.1. The topological polar surface area (TPSA) is 95.9 Å². The summed E-state index contributed by atoms with van der Waals surface area (Å²) in [4.78, 5) is 24.4. The van der Waals surface area contributed by atoms with E-state index in [-0.39, 0.29) is 18.5 Å². The maximum atomic E-state index is 12.4. The smallest absolute Gasteiger partial charge is 0.305 e. The molecule has 0 rings (SSSR count). The number of carbonyl (C=O) groups is 2. The average Bonchev–Trinajstić information content (AvgIpc) is 3.24. The SMILES string of the molecule is CCCC/C=C\CCCCCCCC(=O)OCCCCC/C=C\C/C=C\CCCCCCCCCC(=O)NC(CO)C(O)/C=C/CCCCCCCCCCCCCC. The van der Waals surface area contributed by atoms with Crippen LogP contribution < -0.4 is 5.32 Å². The number of unbranched alkanes of at least 4 members (excludes halogenated alkanes) is 29. The number of rotatable bonds is 46. The molecule has 0 heterocycles. The minimum Gasteiger partial charge on any atom is -0.466 e. The van der Waals surface area contributed by atoms with Gasteiger partial charge in [0.05, 0.1) is 25.4 Å². The van der Waals surface area contributed by atoms with Crippen LogP contribution in [0.15, 0.2) is 48.6 Å². The first-order chi connectivity index (χ1) is 29.0. The second-order valence-corrected chi connectivity index (χ2v) is 17.1. The Bertz CT molecular complexity index is 1000. The Kier molecular flexibility index (Phi) is 46.7. The Labute approximate surface area is 366 Å². The molecule has 0 aliphatic rings. The van der Waals surface area contributed by atoms with Gasteiger partial charge >= 0.3 is 5.97 Å². The maximum Gasteiger partial charge on any atom is 0.305 e. The first kappa shape index (κ1) is 56.8. The minimum atomic E-state index is -0.855. The summed E-state index contributed by atoms with van der Waals surface area (Å²) in [6, 6.07) is -0.640. The van der Waals surface area contributed by atoms with Crippen molar-refractivity contribution < 1.29 is 24.5 Å².